The lowest BCUT2D eigenvalue weighted by Crippen LogP contribution is -2.48. The summed E-state index contributed by atoms with van der Waals surface area (Å²) in [5.74, 6) is 1.21. The number of carbonyl (C=O) groups excluding carboxylic acids is 2. The van der Waals surface area contributed by atoms with E-state index in [9.17, 15) is 9.59 Å². The van der Waals surface area contributed by atoms with E-state index in [4.69, 9.17) is 8.83 Å². The average molecular weight is 515 g/mol. The summed E-state index contributed by atoms with van der Waals surface area (Å²) in [5, 5.41) is 0. The second-order valence-electron chi connectivity index (χ2n) is 9.65. The number of benzene rings is 1. The predicted molar refractivity (Wildman–Crippen MR) is 144 cm³/mol. The molecule has 0 N–H and O–H groups in total. The maximum Gasteiger partial charge on any atom is 0.289 e. The fourth-order valence-electron chi connectivity index (χ4n) is 4.87. The van der Waals surface area contributed by atoms with Crippen LogP contribution in [0.2, 0.25) is 0 Å². The van der Waals surface area contributed by atoms with Crippen LogP contribution in [0.4, 0.5) is 0 Å². The first-order chi connectivity index (χ1) is 18.6. The summed E-state index contributed by atoms with van der Waals surface area (Å²) in [5.41, 5.74) is 2.27. The Morgan fingerprint density at radius 2 is 1.68 bits per heavy atom. The Hall–Kier alpha value is -4.04. The third-order valence-corrected chi connectivity index (χ3v) is 6.90. The highest BCUT2D eigenvalue weighted by Gasteiger charge is 2.25. The van der Waals surface area contributed by atoms with E-state index in [0.29, 0.717) is 50.0 Å². The molecule has 0 bridgehead atoms. The first-order valence-electron chi connectivity index (χ1n) is 13.2. The average Bonchev–Trinajstić information content (AvgIpc) is 3.72. The smallest absolute Gasteiger partial charge is 0.289 e. The fourth-order valence-corrected chi connectivity index (χ4v) is 4.87. The molecule has 1 saturated heterocycles. The highest BCUT2D eigenvalue weighted by atomic mass is 16.4. The zero-order valence-electron chi connectivity index (χ0n) is 21.8. The fraction of sp³-hybridized carbons (Fsp3) is 0.333. The Labute approximate surface area is 223 Å². The molecular formula is C30H34N4O4. The highest BCUT2D eigenvalue weighted by Crippen LogP contribution is 2.18. The van der Waals surface area contributed by atoms with Crippen molar-refractivity contribution in [1.29, 1.82) is 0 Å². The molecule has 38 heavy (non-hydrogen) atoms. The largest absolute Gasteiger partial charge is 0.459 e. The topological polar surface area (TPSA) is 75.1 Å². The van der Waals surface area contributed by atoms with Gasteiger partial charge < -0.3 is 23.2 Å². The van der Waals surface area contributed by atoms with E-state index in [-0.39, 0.29) is 11.8 Å². The monoisotopic (exact) mass is 514 g/mol. The third-order valence-electron chi connectivity index (χ3n) is 6.90. The summed E-state index contributed by atoms with van der Waals surface area (Å²) in [7, 11) is 0. The van der Waals surface area contributed by atoms with Gasteiger partial charge in [0.15, 0.2) is 11.5 Å². The van der Waals surface area contributed by atoms with E-state index in [2.05, 4.69) is 29.2 Å². The SMILES string of the molecule is CCCN(Cc1cccn1Cc1ccc(C(=O)N2CCN(Cc3ccccc3)CC2)o1)C(=O)c1ccco1. The molecule has 8 nitrogen and oxygen atoms in total. The normalized spacial score (nSPS) is 14.1. The number of furan rings is 2. The van der Waals surface area contributed by atoms with Crippen LogP contribution in [0.25, 0.3) is 0 Å². The lowest BCUT2D eigenvalue weighted by molar-refractivity contribution is 0.0595. The minimum absolute atomic E-state index is 0.0680. The second kappa shape index (κ2) is 12.0. The van der Waals surface area contributed by atoms with Gasteiger partial charge in [0.2, 0.25) is 0 Å². The van der Waals surface area contributed by atoms with Crippen molar-refractivity contribution in [2.24, 2.45) is 0 Å². The number of hydrogen-bond donors (Lipinski definition) is 0. The molecule has 0 spiro atoms. The van der Waals surface area contributed by atoms with Crippen molar-refractivity contribution in [1.82, 2.24) is 19.3 Å². The number of piperazine rings is 1. The summed E-state index contributed by atoms with van der Waals surface area (Å²) < 4.78 is 13.4. The van der Waals surface area contributed by atoms with Crippen molar-refractivity contribution in [2.75, 3.05) is 32.7 Å². The Kier molecular flexibility index (Phi) is 8.09. The summed E-state index contributed by atoms with van der Waals surface area (Å²) in [6, 6.07) is 21.4. The third kappa shape index (κ3) is 6.08. The number of carbonyl (C=O) groups is 2. The predicted octanol–water partition coefficient (Wildman–Crippen LogP) is 4.73. The van der Waals surface area contributed by atoms with E-state index >= 15 is 0 Å². The lowest BCUT2D eigenvalue weighted by atomic mass is 10.2. The molecule has 0 radical (unpaired) electrons. The Balaban J connectivity index is 1.17. The van der Waals surface area contributed by atoms with Gasteiger partial charge in [-0.25, -0.2) is 0 Å². The standard InChI is InChI=1S/C30H34N4O4/c1-2-14-34(29(35)27-11-7-20-37-27)22-25-10-6-15-33(25)23-26-12-13-28(38-26)30(36)32-18-16-31(17-19-32)21-24-8-4-3-5-9-24/h3-13,15,20H,2,14,16-19,21-23H2,1H3. The molecule has 0 saturated carbocycles. The summed E-state index contributed by atoms with van der Waals surface area (Å²) in [4.78, 5) is 32.0. The Morgan fingerprint density at radius 3 is 2.42 bits per heavy atom. The maximum absolute atomic E-state index is 13.1. The van der Waals surface area contributed by atoms with Gasteiger partial charge in [-0.15, -0.1) is 0 Å². The molecule has 1 aliphatic rings. The molecule has 198 valence electrons. The van der Waals surface area contributed by atoms with Crippen LogP contribution >= 0.6 is 0 Å². The highest BCUT2D eigenvalue weighted by molar-refractivity contribution is 5.92. The summed E-state index contributed by atoms with van der Waals surface area (Å²) >= 11 is 0. The molecule has 0 atom stereocenters. The van der Waals surface area contributed by atoms with Gasteiger partial charge in [-0.2, -0.15) is 0 Å². The number of hydrogen-bond acceptors (Lipinski definition) is 5. The maximum atomic E-state index is 13.1. The van der Waals surface area contributed by atoms with E-state index in [1.165, 1.54) is 11.8 Å². The molecule has 1 fully saturated rings. The number of nitrogens with zero attached hydrogens (tertiary/aromatic N) is 4. The molecule has 3 aromatic heterocycles. The van der Waals surface area contributed by atoms with Crippen molar-refractivity contribution in [3.8, 4) is 0 Å². The number of amides is 2. The molecule has 8 heteroatoms. The van der Waals surface area contributed by atoms with E-state index in [1.807, 2.05) is 46.9 Å². The molecule has 1 aliphatic heterocycles. The molecular weight excluding hydrogens is 480 g/mol. The van der Waals surface area contributed by atoms with Gasteiger partial charge in [0.1, 0.15) is 5.76 Å². The van der Waals surface area contributed by atoms with Crippen molar-refractivity contribution in [3.63, 3.8) is 0 Å². The Morgan fingerprint density at radius 1 is 0.868 bits per heavy atom. The zero-order chi connectivity index (χ0) is 26.3. The Bertz CT molecular complexity index is 1320. The van der Waals surface area contributed by atoms with E-state index in [0.717, 1.165) is 31.7 Å². The van der Waals surface area contributed by atoms with Gasteiger partial charge >= 0.3 is 0 Å². The number of aromatic nitrogens is 1. The molecule has 5 rings (SSSR count). The minimum atomic E-state index is -0.126. The second-order valence-corrected chi connectivity index (χ2v) is 9.65. The van der Waals surface area contributed by atoms with Crippen LogP contribution in [0.3, 0.4) is 0 Å². The van der Waals surface area contributed by atoms with Crippen molar-refractivity contribution < 1.29 is 18.4 Å². The minimum Gasteiger partial charge on any atom is -0.459 e. The van der Waals surface area contributed by atoms with E-state index < -0.39 is 0 Å². The van der Waals surface area contributed by atoms with Crippen molar-refractivity contribution in [3.05, 3.63) is 108 Å². The van der Waals surface area contributed by atoms with Crippen LogP contribution in [0.5, 0.6) is 0 Å². The van der Waals surface area contributed by atoms with Crippen LogP contribution < -0.4 is 0 Å². The van der Waals surface area contributed by atoms with Gasteiger partial charge in [-0.1, -0.05) is 37.3 Å². The van der Waals surface area contributed by atoms with Crippen LogP contribution in [0, 0.1) is 0 Å². The first-order valence-corrected chi connectivity index (χ1v) is 13.2. The van der Waals surface area contributed by atoms with Crippen LogP contribution in [0.1, 0.15) is 51.5 Å². The van der Waals surface area contributed by atoms with Crippen LogP contribution in [0.15, 0.2) is 88.0 Å². The summed E-state index contributed by atoms with van der Waals surface area (Å²) in [6.45, 7) is 7.55. The molecule has 0 unspecified atom stereocenters. The van der Waals surface area contributed by atoms with Crippen molar-refractivity contribution in [2.45, 2.75) is 33.0 Å². The molecule has 2 amide bonds. The van der Waals surface area contributed by atoms with Gasteiger partial charge in [0.25, 0.3) is 11.8 Å². The van der Waals surface area contributed by atoms with Gasteiger partial charge in [0, 0.05) is 51.2 Å². The van der Waals surface area contributed by atoms with Crippen LogP contribution in [-0.4, -0.2) is 63.8 Å². The van der Waals surface area contributed by atoms with Gasteiger partial charge in [0.05, 0.1) is 19.4 Å². The molecule has 0 aliphatic carbocycles. The van der Waals surface area contributed by atoms with E-state index in [1.54, 1.807) is 23.1 Å². The summed E-state index contributed by atoms with van der Waals surface area (Å²) in [6.07, 6.45) is 4.32. The van der Waals surface area contributed by atoms with Gasteiger partial charge in [-0.3, -0.25) is 14.5 Å². The quantitative estimate of drug-likeness (QED) is 0.306. The molecule has 4 aromatic rings. The number of rotatable bonds is 10. The molecule has 1 aromatic carbocycles. The zero-order valence-corrected chi connectivity index (χ0v) is 21.8. The lowest BCUT2D eigenvalue weighted by Gasteiger charge is -2.34. The molecule has 4 heterocycles. The van der Waals surface area contributed by atoms with Gasteiger partial charge in [-0.05, 0) is 48.4 Å². The van der Waals surface area contributed by atoms with Crippen LogP contribution in [-0.2, 0) is 19.6 Å². The van der Waals surface area contributed by atoms with Crippen molar-refractivity contribution >= 4 is 11.8 Å². The first kappa shape index (κ1) is 25.6.